The van der Waals surface area contributed by atoms with Crippen molar-refractivity contribution in [2.75, 3.05) is 20.1 Å². The second-order valence-corrected chi connectivity index (χ2v) is 6.95. The molecular weight excluding hydrogens is 361 g/mol. The molecule has 0 amide bonds. The molecule has 1 aliphatic heterocycles. The minimum absolute atomic E-state index is 0. The normalized spacial score (nSPS) is 19.2. The number of likely N-dealkylation sites (N-methyl/N-ethyl adjacent to an activating group) is 1. The van der Waals surface area contributed by atoms with E-state index in [4.69, 9.17) is 11.6 Å². The number of halogens is 4. The molecule has 10 heteroatoms. The lowest BCUT2D eigenvalue weighted by atomic mass is 10.3. The summed E-state index contributed by atoms with van der Waals surface area (Å²) in [6.45, 7) is -2.24. The van der Waals surface area contributed by atoms with Crippen molar-refractivity contribution < 1.29 is 21.9 Å². The number of sulfonamides is 1. The summed E-state index contributed by atoms with van der Waals surface area (Å²) in [5.74, 6) is -0.250. The van der Waals surface area contributed by atoms with Crippen LogP contribution in [0.4, 0.5) is 8.78 Å². The van der Waals surface area contributed by atoms with Gasteiger partial charge in [0.15, 0.2) is 0 Å². The van der Waals surface area contributed by atoms with Gasteiger partial charge in [0.05, 0.1) is 9.92 Å². The molecule has 1 heterocycles. The van der Waals surface area contributed by atoms with Gasteiger partial charge in [-0.3, -0.25) is 0 Å². The molecule has 126 valence electrons. The average molecular weight is 377 g/mol. The third-order valence-electron chi connectivity index (χ3n) is 3.32. The van der Waals surface area contributed by atoms with Crippen LogP contribution < -0.4 is 10.1 Å². The van der Waals surface area contributed by atoms with Crippen LogP contribution in [-0.2, 0) is 10.0 Å². The predicted octanol–water partition coefficient (Wildman–Crippen LogP) is 2.35. The van der Waals surface area contributed by atoms with Crippen LogP contribution in [0.1, 0.15) is 6.42 Å². The topological polar surface area (TPSA) is 58.6 Å². The molecule has 0 spiro atoms. The largest absolute Gasteiger partial charge is 0.433 e. The summed E-state index contributed by atoms with van der Waals surface area (Å²) in [4.78, 5) is -0.0362. The molecule has 1 saturated heterocycles. The first-order valence-electron chi connectivity index (χ1n) is 6.26. The first-order chi connectivity index (χ1) is 9.84. The highest BCUT2D eigenvalue weighted by atomic mass is 35.5. The highest BCUT2D eigenvalue weighted by Gasteiger charge is 2.32. The maximum Gasteiger partial charge on any atom is 0.387 e. The van der Waals surface area contributed by atoms with Gasteiger partial charge in [-0.2, -0.15) is 13.1 Å². The molecule has 0 radical (unpaired) electrons. The van der Waals surface area contributed by atoms with E-state index in [0.717, 1.165) is 18.6 Å². The number of benzene rings is 1. The van der Waals surface area contributed by atoms with Gasteiger partial charge in [0.2, 0.25) is 10.0 Å². The quantitative estimate of drug-likeness (QED) is 0.856. The van der Waals surface area contributed by atoms with Crippen molar-refractivity contribution in [1.82, 2.24) is 9.62 Å². The number of hydrogen-bond acceptors (Lipinski definition) is 4. The van der Waals surface area contributed by atoms with Gasteiger partial charge in [-0.25, -0.2) is 8.42 Å². The molecule has 1 fully saturated rings. The Hall–Kier alpha value is -0.670. The van der Waals surface area contributed by atoms with E-state index in [1.54, 1.807) is 7.05 Å². The molecule has 2 rings (SSSR count). The smallest absolute Gasteiger partial charge is 0.387 e. The summed E-state index contributed by atoms with van der Waals surface area (Å²) in [6.07, 6.45) is 0.718. The zero-order valence-corrected chi connectivity index (χ0v) is 14.0. The lowest BCUT2D eigenvalue weighted by Gasteiger charge is -2.17. The number of hydrogen-bond donors (Lipinski definition) is 1. The van der Waals surface area contributed by atoms with Crippen molar-refractivity contribution in [2.45, 2.75) is 24.0 Å². The SMILES string of the molecule is CNC1CCN(S(=O)(=O)c2ccc(OC(F)F)c(Cl)c2)C1.Cl. The van der Waals surface area contributed by atoms with Crippen LogP contribution in [0.25, 0.3) is 0 Å². The van der Waals surface area contributed by atoms with Crippen molar-refractivity contribution in [3.05, 3.63) is 23.2 Å². The van der Waals surface area contributed by atoms with Gasteiger partial charge < -0.3 is 10.1 Å². The van der Waals surface area contributed by atoms with E-state index in [1.165, 1.54) is 10.4 Å². The summed E-state index contributed by atoms with van der Waals surface area (Å²) in [5, 5.41) is 2.86. The molecule has 1 N–H and O–H groups in total. The lowest BCUT2D eigenvalue weighted by Crippen LogP contribution is -2.33. The Balaban J connectivity index is 0.00000242. The zero-order chi connectivity index (χ0) is 15.6. The fraction of sp³-hybridized carbons (Fsp3) is 0.500. The van der Waals surface area contributed by atoms with Gasteiger partial charge in [-0.1, -0.05) is 11.6 Å². The molecule has 1 aliphatic rings. The molecule has 1 atom stereocenters. The second kappa shape index (κ2) is 7.74. The van der Waals surface area contributed by atoms with E-state index < -0.39 is 16.6 Å². The number of rotatable bonds is 5. The Bertz CT molecular complexity index is 616. The first-order valence-corrected chi connectivity index (χ1v) is 8.08. The number of nitrogens with one attached hydrogen (secondary N) is 1. The summed E-state index contributed by atoms with van der Waals surface area (Å²) in [7, 11) is -1.91. The fourth-order valence-electron chi connectivity index (χ4n) is 2.16. The Kier molecular flexibility index (Phi) is 6.82. The third kappa shape index (κ3) is 4.20. The molecule has 5 nitrogen and oxygen atoms in total. The first kappa shape index (κ1) is 19.4. The summed E-state index contributed by atoms with van der Waals surface area (Å²) >= 11 is 5.79. The van der Waals surface area contributed by atoms with Crippen LogP contribution in [0.5, 0.6) is 5.75 Å². The van der Waals surface area contributed by atoms with Crippen molar-refractivity contribution in [3.63, 3.8) is 0 Å². The fourth-order valence-corrected chi connectivity index (χ4v) is 3.98. The highest BCUT2D eigenvalue weighted by Crippen LogP contribution is 2.30. The van der Waals surface area contributed by atoms with E-state index in [2.05, 4.69) is 10.1 Å². The van der Waals surface area contributed by atoms with E-state index >= 15 is 0 Å². The van der Waals surface area contributed by atoms with Crippen LogP contribution in [-0.4, -0.2) is 45.5 Å². The monoisotopic (exact) mass is 376 g/mol. The summed E-state index contributed by atoms with van der Waals surface area (Å²) < 4.78 is 54.7. The van der Waals surface area contributed by atoms with Crippen molar-refractivity contribution >= 4 is 34.0 Å². The van der Waals surface area contributed by atoms with Gasteiger partial charge >= 0.3 is 6.61 Å². The van der Waals surface area contributed by atoms with Crippen molar-refractivity contribution in [3.8, 4) is 5.75 Å². The standard InChI is InChI=1S/C12H15ClF2N2O3S.ClH/c1-16-8-4-5-17(7-8)21(18,19)9-2-3-11(10(13)6-9)20-12(14)15;/h2-3,6,8,12,16H,4-5,7H2,1H3;1H. The molecule has 1 aromatic rings. The zero-order valence-electron chi connectivity index (χ0n) is 11.6. The van der Waals surface area contributed by atoms with Gasteiger partial charge in [-0.05, 0) is 31.7 Å². The van der Waals surface area contributed by atoms with Crippen LogP contribution in [0.3, 0.4) is 0 Å². The van der Waals surface area contributed by atoms with Crippen LogP contribution in [0.2, 0.25) is 5.02 Å². The van der Waals surface area contributed by atoms with E-state index in [-0.39, 0.29) is 34.1 Å². The lowest BCUT2D eigenvalue weighted by molar-refractivity contribution is -0.0498. The van der Waals surface area contributed by atoms with Crippen LogP contribution >= 0.6 is 24.0 Å². The molecule has 0 bridgehead atoms. The number of nitrogens with zero attached hydrogens (tertiary/aromatic N) is 1. The molecular formula is C12H16Cl2F2N2O3S. The Morgan fingerprint density at radius 1 is 1.45 bits per heavy atom. The summed E-state index contributed by atoms with van der Waals surface area (Å²) in [5.41, 5.74) is 0. The number of alkyl halides is 2. The van der Waals surface area contributed by atoms with Gasteiger partial charge in [0, 0.05) is 19.1 Å². The minimum atomic E-state index is -3.68. The molecule has 1 aromatic carbocycles. The summed E-state index contributed by atoms with van der Waals surface area (Å²) in [6, 6.07) is 3.58. The maximum absolute atomic E-state index is 12.4. The van der Waals surface area contributed by atoms with Crippen molar-refractivity contribution in [2.24, 2.45) is 0 Å². The van der Waals surface area contributed by atoms with Gasteiger partial charge in [-0.15, -0.1) is 12.4 Å². The van der Waals surface area contributed by atoms with E-state index in [9.17, 15) is 17.2 Å². The van der Waals surface area contributed by atoms with E-state index in [0.29, 0.717) is 13.1 Å². The second-order valence-electron chi connectivity index (χ2n) is 4.61. The molecule has 1 unspecified atom stereocenters. The van der Waals surface area contributed by atoms with Crippen molar-refractivity contribution in [1.29, 1.82) is 0 Å². The van der Waals surface area contributed by atoms with Gasteiger partial charge in [0.1, 0.15) is 5.75 Å². The van der Waals surface area contributed by atoms with E-state index in [1.807, 2.05) is 0 Å². The van der Waals surface area contributed by atoms with Crippen LogP contribution in [0.15, 0.2) is 23.1 Å². The third-order valence-corrected chi connectivity index (χ3v) is 5.47. The Morgan fingerprint density at radius 2 is 2.14 bits per heavy atom. The predicted molar refractivity (Wildman–Crippen MR) is 81.6 cm³/mol. The van der Waals surface area contributed by atoms with Crippen LogP contribution in [0, 0.1) is 0 Å². The molecule has 0 aliphatic carbocycles. The minimum Gasteiger partial charge on any atom is -0.433 e. The number of ether oxygens (including phenoxy) is 1. The maximum atomic E-state index is 12.4. The highest BCUT2D eigenvalue weighted by molar-refractivity contribution is 7.89. The average Bonchev–Trinajstić information content (AvgIpc) is 2.90. The molecule has 0 aromatic heterocycles. The van der Waals surface area contributed by atoms with Gasteiger partial charge in [0.25, 0.3) is 0 Å². The Morgan fingerprint density at radius 3 is 2.64 bits per heavy atom. The Labute approximate surface area is 139 Å². The molecule has 0 saturated carbocycles. The molecule has 22 heavy (non-hydrogen) atoms.